The second-order valence-electron chi connectivity index (χ2n) is 6.85. The summed E-state index contributed by atoms with van der Waals surface area (Å²) in [5, 5.41) is 5.91. The van der Waals surface area contributed by atoms with Gasteiger partial charge in [0.1, 0.15) is 5.41 Å². The Balaban J connectivity index is 2.46. The maximum absolute atomic E-state index is 12.4. The summed E-state index contributed by atoms with van der Waals surface area (Å²) >= 11 is 0. The van der Waals surface area contributed by atoms with E-state index in [1.807, 2.05) is 19.0 Å². The molecule has 1 aliphatic carbocycles. The second kappa shape index (κ2) is 8.37. The molecule has 0 aromatic heterocycles. The summed E-state index contributed by atoms with van der Waals surface area (Å²) in [6, 6.07) is 0.230. The van der Waals surface area contributed by atoms with Crippen molar-refractivity contribution in [2.75, 3.05) is 27.2 Å². The van der Waals surface area contributed by atoms with E-state index in [9.17, 15) is 9.59 Å². The first-order valence-corrected chi connectivity index (χ1v) is 8.08. The molecule has 0 aromatic rings. The van der Waals surface area contributed by atoms with E-state index in [0.29, 0.717) is 6.54 Å². The Morgan fingerprint density at radius 3 is 2.14 bits per heavy atom. The zero-order valence-electron chi connectivity index (χ0n) is 14.0. The van der Waals surface area contributed by atoms with Crippen molar-refractivity contribution in [3.8, 4) is 0 Å². The number of nitrogens with one attached hydrogen (secondary N) is 2. The summed E-state index contributed by atoms with van der Waals surface area (Å²) in [6.45, 7) is 4.73. The van der Waals surface area contributed by atoms with Crippen molar-refractivity contribution in [1.29, 1.82) is 0 Å². The third kappa shape index (κ3) is 6.04. The topological polar surface area (TPSA) is 61.4 Å². The van der Waals surface area contributed by atoms with E-state index in [-0.39, 0.29) is 17.9 Å². The van der Waals surface area contributed by atoms with Gasteiger partial charge in [-0.15, -0.1) is 0 Å². The van der Waals surface area contributed by atoms with Crippen LogP contribution in [0.2, 0.25) is 0 Å². The van der Waals surface area contributed by atoms with E-state index < -0.39 is 5.41 Å². The van der Waals surface area contributed by atoms with Gasteiger partial charge in [0.15, 0.2) is 0 Å². The molecule has 0 bridgehead atoms. The Hall–Kier alpha value is -1.10. The first-order valence-electron chi connectivity index (χ1n) is 8.08. The number of carbonyl (C=O) groups is 2. The van der Waals surface area contributed by atoms with Gasteiger partial charge in [-0.1, -0.05) is 25.7 Å². The van der Waals surface area contributed by atoms with Crippen LogP contribution >= 0.6 is 0 Å². The van der Waals surface area contributed by atoms with Gasteiger partial charge in [-0.2, -0.15) is 0 Å². The molecule has 0 radical (unpaired) electrons. The van der Waals surface area contributed by atoms with Gasteiger partial charge in [-0.05, 0) is 40.8 Å². The predicted molar refractivity (Wildman–Crippen MR) is 85.0 cm³/mol. The molecule has 0 unspecified atom stereocenters. The molecule has 122 valence electrons. The van der Waals surface area contributed by atoms with E-state index in [0.717, 1.165) is 19.4 Å². The molecule has 0 aliphatic heterocycles. The standard InChI is InChI=1S/C16H31N3O2/c1-16(2,14(20)17-11-12-19(3)4)15(21)18-13-9-7-5-6-8-10-13/h13H,5-12H2,1-4H3,(H,17,20)(H,18,21). The average molecular weight is 297 g/mol. The molecule has 1 aliphatic rings. The molecule has 5 heteroatoms. The lowest BCUT2D eigenvalue weighted by molar-refractivity contribution is -0.141. The van der Waals surface area contributed by atoms with Gasteiger partial charge < -0.3 is 15.5 Å². The summed E-state index contributed by atoms with van der Waals surface area (Å²) in [5.74, 6) is -0.354. The maximum atomic E-state index is 12.4. The van der Waals surface area contributed by atoms with E-state index in [1.165, 1.54) is 25.7 Å². The highest BCUT2D eigenvalue weighted by atomic mass is 16.2. The van der Waals surface area contributed by atoms with Crippen LogP contribution in [0.25, 0.3) is 0 Å². The van der Waals surface area contributed by atoms with Crippen LogP contribution in [0.4, 0.5) is 0 Å². The molecule has 1 rings (SSSR count). The van der Waals surface area contributed by atoms with E-state index >= 15 is 0 Å². The van der Waals surface area contributed by atoms with Crippen molar-refractivity contribution in [3.05, 3.63) is 0 Å². The molecule has 21 heavy (non-hydrogen) atoms. The van der Waals surface area contributed by atoms with Crippen molar-refractivity contribution < 1.29 is 9.59 Å². The minimum Gasteiger partial charge on any atom is -0.354 e. The lowest BCUT2D eigenvalue weighted by Gasteiger charge is -2.26. The van der Waals surface area contributed by atoms with Crippen LogP contribution in [0.5, 0.6) is 0 Å². The number of nitrogens with zero attached hydrogens (tertiary/aromatic N) is 1. The van der Waals surface area contributed by atoms with Crippen LogP contribution in [0.1, 0.15) is 52.4 Å². The molecule has 2 N–H and O–H groups in total. The monoisotopic (exact) mass is 297 g/mol. The number of amides is 2. The number of likely N-dealkylation sites (N-methyl/N-ethyl adjacent to an activating group) is 1. The predicted octanol–water partition coefficient (Wildman–Crippen LogP) is 1.53. The van der Waals surface area contributed by atoms with Crippen molar-refractivity contribution in [2.45, 2.75) is 58.4 Å². The highest BCUT2D eigenvalue weighted by Crippen LogP contribution is 2.20. The fourth-order valence-corrected chi connectivity index (χ4v) is 2.51. The summed E-state index contributed by atoms with van der Waals surface area (Å²) < 4.78 is 0. The molecule has 0 spiro atoms. The minimum absolute atomic E-state index is 0.156. The highest BCUT2D eigenvalue weighted by Gasteiger charge is 2.36. The Labute approximate surface area is 128 Å². The summed E-state index contributed by atoms with van der Waals surface area (Å²) in [4.78, 5) is 26.6. The molecular weight excluding hydrogens is 266 g/mol. The van der Waals surface area contributed by atoms with E-state index in [1.54, 1.807) is 13.8 Å². The van der Waals surface area contributed by atoms with Gasteiger partial charge in [-0.3, -0.25) is 9.59 Å². The Kier molecular flexibility index (Phi) is 7.15. The zero-order valence-corrected chi connectivity index (χ0v) is 14.0. The lowest BCUT2D eigenvalue weighted by atomic mass is 9.90. The second-order valence-corrected chi connectivity index (χ2v) is 6.85. The first-order chi connectivity index (χ1) is 9.84. The summed E-state index contributed by atoms with van der Waals surface area (Å²) in [7, 11) is 3.91. The number of rotatable bonds is 6. The van der Waals surface area contributed by atoms with Gasteiger partial charge in [0.2, 0.25) is 11.8 Å². The van der Waals surface area contributed by atoms with E-state index in [4.69, 9.17) is 0 Å². The van der Waals surface area contributed by atoms with Gasteiger partial charge in [0, 0.05) is 19.1 Å². The minimum atomic E-state index is -1.02. The largest absolute Gasteiger partial charge is 0.354 e. The molecule has 0 heterocycles. The van der Waals surface area contributed by atoms with Crippen LogP contribution in [0.15, 0.2) is 0 Å². The van der Waals surface area contributed by atoms with Crippen molar-refractivity contribution in [3.63, 3.8) is 0 Å². The molecule has 1 fully saturated rings. The van der Waals surface area contributed by atoms with Crippen LogP contribution < -0.4 is 10.6 Å². The van der Waals surface area contributed by atoms with Crippen molar-refractivity contribution in [1.82, 2.24) is 15.5 Å². The normalized spacial score (nSPS) is 17.4. The van der Waals surface area contributed by atoms with Crippen LogP contribution in [-0.4, -0.2) is 49.9 Å². The van der Waals surface area contributed by atoms with Crippen molar-refractivity contribution >= 4 is 11.8 Å². The molecule has 5 nitrogen and oxygen atoms in total. The van der Waals surface area contributed by atoms with Crippen LogP contribution in [0.3, 0.4) is 0 Å². The third-order valence-corrected chi connectivity index (χ3v) is 4.17. The maximum Gasteiger partial charge on any atom is 0.235 e. The summed E-state index contributed by atoms with van der Waals surface area (Å²) in [6.07, 6.45) is 6.90. The summed E-state index contributed by atoms with van der Waals surface area (Å²) in [5.41, 5.74) is -1.02. The first kappa shape index (κ1) is 18.0. The average Bonchev–Trinajstić information content (AvgIpc) is 2.66. The van der Waals surface area contributed by atoms with Gasteiger partial charge in [0.05, 0.1) is 0 Å². The molecule has 1 saturated carbocycles. The quantitative estimate of drug-likeness (QED) is 0.577. The molecule has 0 saturated heterocycles. The SMILES string of the molecule is CN(C)CCNC(=O)C(C)(C)C(=O)NC1CCCCCC1. The van der Waals surface area contributed by atoms with Gasteiger partial charge >= 0.3 is 0 Å². The lowest BCUT2D eigenvalue weighted by Crippen LogP contribution is -2.51. The molecular formula is C16H31N3O2. The highest BCUT2D eigenvalue weighted by molar-refractivity contribution is 6.04. The zero-order chi connectivity index (χ0) is 15.9. The molecule has 0 atom stereocenters. The number of carbonyl (C=O) groups excluding carboxylic acids is 2. The third-order valence-electron chi connectivity index (χ3n) is 4.17. The van der Waals surface area contributed by atoms with Crippen molar-refractivity contribution in [2.24, 2.45) is 5.41 Å². The van der Waals surface area contributed by atoms with Crippen LogP contribution in [-0.2, 0) is 9.59 Å². The molecule has 0 aromatic carbocycles. The number of hydrogen-bond donors (Lipinski definition) is 2. The van der Waals surface area contributed by atoms with Gasteiger partial charge in [0.25, 0.3) is 0 Å². The Morgan fingerprint density at radius 1 is 1.05 bits per heavy atom. The molecule has 2 amide bonds. The fourth-order valence-electron chi connectivity index (χ4n) is 2.51. The van der Waals surface area contributed by atoms with Crippen LogP contribution in [0, 0.1) is 5.41 Å². The fraction of sp³-hybridized carbons (Fsp3) is 0.875. The van der Waals surface area contributed by atoms with E-state index in [2.05, 4.69) is 10.6 Å². The Morgan fingerprint density at radius 2 is 1.62 bits per heavy atom. The smallest absolute Gasteiger partial charge is 0.235 e. The Bertz CT molecular complexity index is 345. The van der Waals surface area contributed by atoms with Gasteiger partial charge in [-0.25, -0.2) is 0 Å². The number of hydrogen-bond acceptors (Lipinski definition) is 3.